The zero-order chi connectivity index (χ0) is 17.2. The van der Waals surface area contributed by atoms with Crippen molar-refractivity contribution in [2.45, 2.75) is 69.6 Å². The number of urea groups is 1. The first kappa shape index (κ1) is 16.8. The van der Waals surface area contributed by atoms with E-state index in [1.165, 1.54) is 25.8 Å². The van der Waals surface area contributed by atoms with Gasteiger partial charge in [-0.15, -0.1) is 0 Å². The first-order valence-corrected chi connectivity index (χ1v) is 9.73. The van der Waals surface area contributed by atoms with Crippen LogP contribution in [0.15, 0.2) is 6.20 Å². The maximum Gasteiger partial charge on any atom is 0.315 e. The molecule has 1 aliphatic carbocycles. The monoisotopic (exact) mass is 347 g/mol. The molecule has 2 saturated heterocycles. The fourth-order valence-corrected chi connectivity index (χ4v) is 4.84. The summed E-state index contributed by atoms with van der Waals surface area (Å²) >= 11 is 0. The van der Waals surface area contributed by atoms with E-state index in [1.54, 1.807) is 0 Å². The number of fused-ring (bicyclic) bond motifs is 2. The summed E-state index contributed by atoms with van der Waals surface area (Å²) in [5.74, 6) is 0. The van der Waals surface area contributed by atoms with Gasteiger partial charge in [0.05, 0.1) is 25.4 Å². The third-order valence-electron chi connectivity index (χ3n) is 6.05. The molecule has 138 valence electrons. The van der Waals surface area contributed by atoms with Crippen molar-refractivity contribution in [3.63, 3.8) is 0 Å². The second kappa shape index (κ2) is 7.33. The molecule has 0 bridgehead atoms. The minimum absolute atomic E-state index is 0.0278. The Hall–Kier alpha value is -1.60. The van der Waals surface area contributed by atoms with E-state index >= 15 is 0 Å². The molecule has 0 unspecified atom stereocenters. The first-order valence-electron chi connectivity index (χ1n) is 9.73. The van der Waals surface area contributed by atoms with Gasteiger partial charge in [0.2, 0.25) is 0 Å². The molecule has 7 nitrogen and oxygen atoms in total. The quantitative estimate of drug-likeness (QED) is 0.764. The van der Waals surface area contributed by atoms with E-state index in [9.17, 15) is 4.79 Å². The van der Waals surface area contributed by atoms with Gasteiger partial charge in [-0.1, -0.05) is 6.42 Å². The number of aliphatic hydroxyl groups excluding tert-OH is 1. The van der Waals surface area contributed by atoms with Crippen LogP contribution >= 0.6 is 0 Å². The van der Waals surface area contributed by atoms with Crippen molar-refractivity contribution in [2.75, 3.05) is 19.7 Å². The van der Waals surface area contributed by atoms with Gasteiger partial charge >= 0.3 is 6.03 Å². The molecule has 7 heteroatoms. The van der Waals surface area contributed by atoms with Gasteiger partial charge in [-0.25, -0.2) is 4.79 Å². The highest BCUT2D eigenvalue weighted by Gasteiger charge is 2.36. The Kier molecular flexibility index (Phi) is 4.94. The molecule has 0 saturated carbocycles. The minimum Gasteiger partial charge on any atom is -0.394 e. The van der Waals surface area contributed by atoms with Crippen LogP contribution in [-0.4, -0.2) is 57.6 Å². The van der Waals surface area contributed by atoms with Crippen molar-refractivity contribution in [1.82, 2.24) is 25.3 Å². The Morgan fingerprint density at radius 2 is 2.12 bits per heavy atom. The van der Waals surface area contributed by atoms with Gasteiger partial charge in [0.25, 0.3) is 0 Å². The highest BCUT2D eigenvalue weighted by atomic mass is 16.3. The fraction of sp³-hybridized carbons (Fsp3) is 0.778. The Balaban J connectivity index is 1.37. The smallest absolute Gasteiger partial charge is 0.315 e. The number of amides is 2. The molecule has 0 spiro atoms. The van der Waals surface area contributed by atoms with Gasteiger partial charge < -0.3 is 15.7 Å². The Morgan fingerprint density at radius 1 is 1.20 bits per heavy atom. The summed E-state index contributed by atoms with van der Waals surface area (Å²) in [4.78, 5) is 15.1. The summed E-state index contributed by atoms with van der Waals surface area (Å²) in [6.45, 7) is 2.90. The number of carbonyl (C=O) groups excluding carboxylic acids is 1. The average Bonchev–Trinajstić information content (AvgIpc) is 3.21. The number of rotatable bonds is 4. The van der Waals surface area contributed by atoms with Gasteiger partial charge in [0, 0.05) is 29.9 Å². The molecule has 3 atom stereocenters. The van der Waals surface area contributed by atoms with Crippen LogP contribution in [0.5, 0.6) is 0 Å². The van der Waals surface area contributed by atoms with Crippen molar-refractivity contribution in [1.29, 1.82) is 0 Å². The normalized spacial score (nSPS) is 29.1. The van der Waals surface area contributed by atoms with Gasteiger partial charge in [0.15, 0.2) is 0 Å². The third kappa shape index (κ3) is 3.40. The SMILES string of the molecule is O=C(N[C@H]1CCN2CCCC[C@@H]12)N[C@@H]1CCCc2c1cnn2CCO. The van der Waals surface area contributed by atoms with Gasteiger partial charge in [-0.2, -0.15) is 5.10 Å². The summed E-state index contributed by atoms with van der Waals surface area (Å²) in [7, 11) is 0. The van der Waals surface area contributed by atoms with E-state index in [0.717, 1.165) is 43.5 Å². The molecule has 1 aromatic heterocycles. The van der Waals surface area contributed by atoms with Crippen LogP contribution in [0.4, 0.5) is 4.79 Å². The van der Waals surface area contributed by atoms with E-state index < -0.39 is 0 Å². The van der Waals surface area contributed by atoms with Crippen LogP contribution in [0.1, 0.15) is 55.8 Å². The predicted octanol–water partition coefficient (Wildman–Crippen LogP) is 1.18. The van der Waals surface area contributed by atoms with Crippen LogP contribution in [0.2, 0.25) is 0 Å². The standard InChI is InChI=1S/C18H29N5O2/c24-11-10-23-16-6-3-4-14(13(16)12-19-23)20-18(25)21-15-7-9-22-8-2-1-5-17(15)22/h12,14-15,17,24H,1-11H2,(H2,20,21,25)/t14-,15+,17+/m1/s1. The number of piperidine rings is 1. The number of aliphatic hydroxyl groups is 1. The van der Waals surface area contributed by atoms with Gasteiger partial charge in [-0.3, -0.25) is 9.58 Å². The molecule has 3 N–H and O–H groups in total. The topological polar surface area (TPSA) is 82.4 Å². The summed E-state index contributed by atoms with van der Waals surface area (Å²) < 4.78 is 1.87. The van der Waals surface area contributed by atoms with Crippen LogP contribution in [0.3, 0.4) is 0 Å². The lowest BCUT2D eigenvalue weighted by molar-refractivity contribution is 0.178. The van der Waals surface area contributed by atoms with Crippen molar-refractivity contribution in [2.24, 2.45) is 0 Å². The third-order valence-corrected chi connectivity index (χ3v) is 6.05. The number of aromatic nitrogens is 2. The molecule has 2 amide bonds. The largest absolute Gasteiger partial charge is 0.394 e. The molecule has 2 aliphatic heterocycles. The highest BCUT2D eigenvalue weighted by Crippen LogP contribution is 2.30. The van der Waals surface area contributed by atoms with Crippen LogP contribution < -0.4 is 10.6 Å². The molecular weight excluding hydrogens is 318 g/mol. The van der Waals surface area contributed by atoms with Gasteiger partial charge in [-0.05, 0) is 45.1 Å². The summed E-state index contributed by atoms with van der Waals surface area (Å²) in [5, 5.41) is 19.9. The lowest BCUT2D eigenvalue weighted by Gasteiger charge is -2.33. The maximum absolute atomic E-state index is 12.6. The Bertz CT molecular complexity index is 617. The number of nitrogens with one attached hydrogen (secondary N) is 2. The van der Waals surface area contributed by atoms with E-state index in [2.05, 4.69) is 20.6 Å². The Morgan fingerprint density at radius 3 is 3.00 bits per heavy atom. The highest BCUT2D eigenvalue weighted by molar-refractivity contribution is 5.75. The predicted molar refractivity (Wildman–Crippen MR) is 94.3 cm³/mol. The van der Waals surface area contributed by atoms with Crippen LogP contribution in [0, 0.1) is 0 Å². The maximum atomic E-state index is 12.6. The minimum atomic E-state index is -0.0508. The molecule has 3 aliphatic rings. The van der Waals surface area contributed by atoms with Crippen molar-refractivity contribution in [3.8, 4) is 0 Å². The molecule has 2 fully saturated rings. The van der Waals surface area contributed by atoms with Crippen molar-refractivity contribution >= 4 is 6.03 Å². The number of hydrogen-bond acceptors (Lipinski definition) is 4. The van der Waals surface area contributed by atoms with E-state index in [-0.39, 0.29) is 24.7 Å². The molecule has 0 radical (unpaired) electrons. The number of hydrogen-bond donors (Lipinski definition) is 3. The zero-order valence-corrected chi connectivity index (χ0v) is 14.8. The van der Waals surface area contributed by atoms with Crippen LogP contribution in [0.25, 0.3) is 0 Å². The second-order valence-corrected chi connectivity index (χ2v) is 7.55. The average molecular weight is 347 g/mol. The van der Waals surface area contributed by atoms with Crippen molar-refractivity contribution < 1.29 is 9.90 Å². The van der Waals surface area contributed by atoms with E-state index in [4.69, 9.17) is 5.11 Å². The summed E-state index contributed by atoms with van der Waals surface area (Å²) in [6, 6.07) is 0.777. The molecule has 25 heavy (non-hydrogen) atoms. The number of carbonyl (C=O) groups is 1. The van der Waals surface area contributed by atoms with Crippen molar-refractivity contribution in [3.05, 3.63) is 17.5 Å². The zero-order valence-electron chi connectivity index (χ0n) is 14.8. The van der Waals surface area contributed by atoms with Gasteiger partial charge in [0.1, 0.15) is 0 Å². The molecule has 1 aromatic rings. The lowest BCUT2D eigenvalue weighted by atomic mass is 9.93. The first-order chi connectivity index (χ1) is 12.3. The molecular formula is C18H29N5O2. The van der Waals surface area contributed by atoms with E-state index in [0.29, 0.717) is 12.6 Å². The van der Waals surface area contributed by atoms with E-state index in [1.807, 2.05) is 10.9 Å². The molecule has 3 heterocycles. The lowest BCUT2D eigenvalue weighted by Crippen LogP contribution is -2.50. The second-order valence-electron chi connectivity index (χ2n) is 7.55. The fourth-order valence-electron chi connectivity index (χ4n) is 4.84. The van der Waals surface area contributed by atoms with Crippen LogP contribution in [-0.2, 0) is 13.0 Å². The summed E-state index contributed by atoms with van der Waals surface area (Å²) in [5.41, 5.74) is 2.27. The molecule has 4 rings (SSSR count). The summed E-state index contributed by atoms with van der Waals surface area (Å²) in [6.07, 6.45) is 9.63. The Labute approximate surface area is 148 Å². The number of nitrogens with zero attached hydrogens (tertiary/aromatic N) is 3. The molecule has 0 aromatic carbocycles.